The van der Waals surface area contributed by atoms with E-state index in [1.165, 1.54) is 0 Å². The summed E-state index contributed by atoms with van der Waals surface area (Å²) in [7, 11) is 4.03. The van der Waals surface area contributed by atoms with Gasteiger partial charge in [-0.05, 0) is 43.8 Å². The molecular weight excluding hydrogens is 286 g/mol. The number of benzene rings is 2. The van der Waals surface area contributed by atoms with Gasteiger partial charge < -0.3 is 9.64 Å². The van der Waals surface area contributed by atoms with Crippen LogP contribution in [0.2, 0.25) is 0 Å². The Kier molecular flexibility index (Phi) is 6.12. The zero-order valence-corrected chi connectivity index (χ0v) is 14.0. The minimum Gasteiger partial charge on any atom is -0.462 e. The van der Waals surface area contributed by atoms with Gasteiger partial charge in [0.15, 0.2) is 0 Å². The van der Waals surface area contributed by atoms with E-state index in [2.05, 4.69) is 4.90 Å². The van der Waals surface area contributed by atoms with Crippen LogP contribution in [-0.2, 0) is 16.1 Å². The molecule has 3 nitrogen and oxygen atoms in total. The van der Waals surface area contributed by atoms with Crippen molar-refractivity contribution in [3.63, 3.8) is 0 Å². The van der Waals surface area contributed by atoms with Crippen molar-refractivity contribution in [3.05, 3.63) is 71.3 Å². The summed E-state index contributed by atoms with van der Waals surface area (Å²) in [4.78, 5) is 14.6. The number of carbonyl (C=O) groups excluding carboxylic acids is 1. The molecule has 0 spiro atoms. The smallest absolute Gasteiger partial charge is 0.338 e. The second-order valence-electron chi connectivity index (χ2n) is 5.58. The fraction of sp³-hybridized carbons (Fsp3) is 0.250. The molecule has 0 fully saturated rings. The third-order valence-electron chi connectivity index (χ3n) is 3.40. The van der Waals surface area contributed by atoms with Crippen LogP contribution in [-0.4, -0.2) is 31.6 Å². The van der Waals surface area contributed by atoms with Crippen molar-refractivity contribution in [2.24, 2.45) is 0 Å². The summed E-state index contributed by atoms with van der Waals surface area (Å²) >= 11 is 0. The molecule has 2 aromatic rings. The van der Waals surface area contributed by atoms with Crippen molar-refractivity contribution in [2.45, 2.75) is 13.5 Å². The van der Waals surface area contributed by atoms with Crippen LogP contribution < -0.4 is 0 Å². The van der Waals surface area contributed by atoms with Crippen LogP contribution in [0.15, 0.2) is 54.6 Å². The molecule has 0 aromatic heterocycles. The first-order chi connectivity index (χ1) is 11.1. The number of esters is 1. The molecule has 0 bridgehead atoms. The van der Waals surface area contributed by atoms with Crippen molar-refractivity contribution in [1.29, 1.82) is 0 Å². The Balaban J connectivity index is 2.50. The zero-order valence-electron chi connectivity index (χ0n) is 14.0. The molecule has 23 heavy (non-hydrogen) atoms. The Hall–Kier alpha value is -2.39. The molecule has 0 saturated heterocycles. The second-order valence-corrected chi connectivity index (χ2v) is 5.58. The van der Waals surface area contributed by atoms with Crippen LogP contribution in [0.3, 0.4) is 0 Å². The highest BCUT2D eigenvalue weighted by Crippen LogP contribution is 2.24. The number of ether oxygens (including phenoxy) is 1. The number of hydrogen-bond donors (Lipinski definition) is 0. The monoisotopic (exact) mass is 309 g/mol. The molecule has 0 saturated carbocycles. The SMILES string of the molecule is CCOC(=O)/C(=C\c1ccccc1)c1ccccc1CN(C)C. The summed E-state index contributed by atoms with van der Waals surface area (Å²) in [6.07, 6.45) is 1.90. The first-order valence-electron chi connectivity index (χ1n) is 7.78. The molecule has 3 heteroatoms. The Morgan fingerprint density at radius 2 is 1.70 bits per heavy atom. The Morgan fingerprint density at radius 1 is 1.04 bits per heavy atom. The summed E-state index contributed by atoms with van der Waals surface area (Å²) in [5.74, 6) is -0.289. The zero-order chi connectivity index (χ0) is 16.7. The molecule has 0 radical (unpaired) electrons. The lowest BCUT2D eigenvalue weighted by Gasteiger charge is -2.16. The summed E-state index contributed by atoms with van der Waals surface area (Å²) in [5, 5.41) is 0. The van der Waals surface area contributed by atoms with Crippen LogP contribution in [0, 0.1) is 0 Å². The van der Waals surface area contributed by atoms with E-state index in [1.807, 2.05) is 81.7 Å². The van der Waals surface area contributed by atoms with Crippen LogP contribution >= 0.6 is 0 Å². The van der Waals surface area contributed by atoms with E-state index < -0.39 is 0 Å². The third kappa shape index (κ3) is 4.80. The molecule has 0 aliphatic rings. The highest BCUT2D eigenvalue weighted by atomic mass is 16.5. The van der Waals surface area contributed by atoms with Gasteiger partial charge in [0.1, 0.15) is 0 Å². The van der Waals surface area contributed by atoms with Crippen LogP contribution in [0.25, 0.3) is 11.6 Å². The summed E-state index contributed by atoms with van der Waals surface area (Å²) < 4.78 is 5.27. The minimum absolute atomic E-state index is 0.289. The Bertz CT molecular complexity index is 675. The largest absolute Gasteiger partial charge is 0.462 e. The molecule has 2 aromatic carbocycles. The van der Waals surface area contributed by atoms with Crippen LogP contribution in [0.4, 0.5) is 0 Å². The van der Waals surface area contributed by atoms with E-state index >= 15 is 0 Å². The topological polar surface area (TPSA) is 29.5 Å². The molecule has 0 aliphatic heterocycles. The predicted molar refractivity (Wildman–Crippen MR) is 94.8 cm³/mol. The van der Waals surface area contributed by atoms with Gasteiger partial charge >= 0.3 is 5.97 Å². The molecule has 0 heterocycles. The van der Waals surface area contributed by atoms with Gasteiger partial charge in [-0.1, -0.05) is 54.6 Å². The first-order valence-corrected chi connectivity index (χ1v) is 7.78. The van der Waals surface area contributed by atoms with Gasteiger partial charge in [-0.2, -0.15) is 0 Å². The maximum Gasteiger partial charge on any atom is 0.338 e. The van der Waals surface area contributed by atoms with Crippen molar-refractivity contribution in [3.8, 4) is 0 Å². The Labute approximate surface area is 138 Å². The number of carbonyl (C=O) groups is 1. The minimum atomic E-state index is -0.289. The first kappa shape index (κ1) is 17.0. The van der Waals surface area contributed by atoms with Crippen molar-refractivity contribution in [1.82, 2.24) is 4.90 Å². The maximum atomic E-state index is 12.5. The van der Waals surface area contributed by atoms with Gasteiger partial charge in [0.2, 0.25) is 0 Å². The van der Waals surface area contributed by atoms with Crippen molar-refractivity contribution in [2.75, 3.05) is 20.7 Å². The van der Waals surface area contributed by atoms with E-state index in [-0.39, 0.29) is 5.97 Å². The predicted octanol–water partition coefficient (Wildman–Crippen LogP) is 3.85. The lowest BCUT2D eigenvalue weighted by atomic mass is 9.97. The summed E-state index contributed by atoms with van der Waals surface area (Å²) in [6, 6.07) is 17.8. The van der Waals surface area contributed by atoms with Gasteiger partial charge in [0.25, 0.3) is 0 Å². The number of rotatable bonds is 6. The normalized spacial score (nSPS) is 11.6. The van der Waals surface area contributed by atoms with Gasteiger partial charge in [-0.15, -0.1) is 0 Å². The quantitative estimate of drug-likeness (QED) is 0.461. The van der Waals surface area contributed by atoms with Gasteiger partial charge in [-0.3, -0.25) is 0 Å². The lowest BCUT2D eigenvalue weighted by molar-refractivity contribution is -0.136. The molecule has 120 valence electrons. The molecule has 0 unspecified atom stereocenters. The van der Waals surface area contributed by atoms with Crippen LogP contribution in [0.5, 0.6) is 0 Å². The molecule has 0 N–H and O–H groups in total. The van der Waals surface area contributed by atoms with Crippen molar-refractivity contribution >= 4 is 17.6 Å². The average Bonchev–Trinajstić information content (AvgIpc) is 2.54. The second kappa shape index (κ2) is 8.30. The van der Waals surface area contributed by atoms with Gasteiger partial charge in [0, 0.05) is 6.54 Å². The third-order valence-corrected chi connectivity index (χ3v) is 3.40. The standard InChI is InChI=1S/C20H23NO2/c1-4-23-20(22)19(14-16-10-6-5-7-11-16)18-13-9-8-12-17(18)15-21(2)3/h5-14H,4,15H2,1-3H3/b19-14-. The molecule has 0 aliphatic carbocycles. The average molecular weight is 309 g/mol. The number of nitrogens with zero attached hydrogens (tertiary/aromatic N) is 1. The van der Waals surface area contributed by atoms with Gasteiger partial charge in [-0.25, -0.2) is 4.79 Å². The Morgan fingerprint density at radius 3 is 2.35 bits per heavy atom. The van der Waals surface area contributed by atoms with Crippen LogP contribution in [0.1, 0.15) is 23.6 Å². The molecule has 0 atom stereocenters. The van der Waals surface area contributed by atoms with E-state index in [0.717, 1.165) is 23.2 Å². The summed E-state index contributed by atoms with van der Waals surface area (Å²) in [5.41, 5.74) is 3.60. The fourth-order valence-electron chi connectivity index (χ4n) is 2.43. The highest BCUT2D eigenvalue weighted by Gasteiger charge is 2.16. The van der Waals surface area contributed by atoms with Gasteiger partial charge in [0.05, 0.1) is 12.2 Å². The summed E-state index contributed by atoms with van der Waals surface area (Å²) in [6.45, 7) is 2.95. The highest BCUT2D eigenvalue weighted by molar-refractivity contribution is 6.22. The lowest BCUT2D eigenvalue weighted by Crippen LogP contribution is -2.14. The maximum absolute atomic E-state index is 12.5. The van der Waals surface area contributed by atoms with Crippen molar-refractivity contribution < 1.29 is 9.53 Å². The van der Waals surface area contributed by atoms with E-state index in [1.54, 1.807) is 0 Å². The molecule has 2 rings (SSSR count). The molecule has 0 amide bonds. The van der Waals surface area contributed by atoms with E-state index in [0.29, 0.717) is 12.2 Å². The fourth-order valence-corrected chi connectivity index (χ4v) is 2.43. The molecular formula is C20H23NO2. The van der Waals surface area contributed by atoms with E-state index in [4.69, 9.17) is 4.74 Å². The number of hydrogen-bond acceptors (Lipinski definition) is 3. The van der Waals surface area contributed by atoms with E-state index in [9.17, 15) is 4.79 Å².